The summed E-state index contributed by atoms with van der Waals surface area (Å²) in [7, 11) is 0. The minimum atomic E-state index is 0.585. The summed E-state index contributed by atoms with van der Waals surface area (Å²) in [6, 6.07) is 17.2. The van der Waals surface area contributed by atoms with E-state index in [1.54, 1.807) is 4.68 Å². The molecule has 0 saturated carbocycles. The molecule has 1 heterocycles. The van der Waals surface area contributed by atoms with Crippen molar-refractivity contribution in [2.45, 2.75) is 0 Å². The molecule has 2 N–H and O–H groups in total. The second kappa shape index (κ2) is 5.31. The highest BCUT2D eigenvalue weighted by atomic mass is 79.9. The molecule has 0 aliphatic heterocycles. The zero-order valence-corrected chi connectivity index (χ0v) is 12.8. The van der Waals surface area contributed by atoms with Crippen LogP contribution in [0.4, 0.5) is 5.82 Å². The summed E-state index contributed by atoms with van der Waals surface area (Å²) in [4.78, 5) is 0. The molecule has 0 aliphatic carbocycles. The maximum Gasteiger partial charge on any atom is 0.127 e. The first kappa shape index (κ1) is 13.2. The molecule has 0 spiro atoms. The Balaban J connectivity index is 2.05. The van der Waals surface area contributed by atoms with Crippen molar-refractivity contribution in [3.8, 4) is 16.9 Å². The number of nitrogens with zero attached hydrogens (tertiary/aromatic N) is 2. The second-order valence-electron chi connectivity index (χ2n) is 4.35. The maximum atomic E-state index is 6.04. The number of rotatable bonds is 2. The van der Waals surface area contributed by atoms with Crippen LogP contribution in [-0.4, -0.2) is 9.78 Å². The van der Waals surface area contributed by atoms with E-state index in [1.165, 1.54) is 0 Å². The van der Waals surface area contributed by atoms with Gasteiger partial charge in [-0.2, -0.15) is 5.10 Å². The third-order valence-electron chi connectivity index (χ3n) is 2.93. The lowest BCUT2D eigenvalue weighted by molar-refractivity contribution is 0.895. The molecule has 3 aromatic rings. The third-order valence-corrected chi connectivity index (χ3v) is 3.69. The van der Waals surface area contributed by atoms with Crippen molar-refractivity contribution in [3.63, 3.8) is 0 Å². The summed E-state index contributed by atoms with van der Waals surface area (Å²) < 4.78 is 2.73. The molecule has 0 aliphatic rings. The van der Waals surface area contributed by atoms with Gasteiger partial charge in [-0.1, -0.05) is 39.7 Å². The summed E-state index contributed by atoms with van der Waals surface area (Å²) in [5, 5.41) is 5.22. The highest BCUT2D eigenvalue weighted by Gasteiger charge is 2.09. The van der Waals surface area contributed by atoms with Crippen molar-refractivity contribution in [1.29, 1.82) is 0 Å². The quantitative estimate of drug-likeness (QED) is 0.739. The Labute approximate surface area is 130 Å². The number of aromatic nitrogens is 2. The van der Waals surface area contributed by atoms with Gasteiger partial charge in [0, 0.05) is 21.1 Å². The van der Waals surface area contributed by atoms with Crippen LogP contribution in [-0.2, 0) is 0 Å². The molecule has 20 heavy (non-hydrogen) atoms. The van der Waals surface area contributed by atoms with E-state index in [-0.39, 0.29) is 0 Å². The maximum absolute atomic E-state index is 6.04. The van der Waals surface area contributed by atoms with Crippen molar-refractivity contribution in [3.05, 3.63) is 64.1 Å². The summed E-state index contributed by atoms with van der Waals surface area (Å²) in [6.45, 7) is 0. The van der Waals surface area contributed by atoms with Crippen LogP contribution >= 0.6 is 27.5 Å². The Morgan fingerprint density at radius 3 is 2.50 bits per heavy atom. The van der Waals surface area contributed by atoms with Crippen LogP contribution in [0.3, 0.4) is 0 Å². The zero-order valence-electron chi connectivity index (χ0n) is 10.4. The van der Waals surface area contributed by atoms with Crippen molar-refractivity contribution in [1.82, 2.24) is 9.78 Å². The van der Waals surface area contributed by atoms with E-state index in [9.17, 15) is 0 Å². The lowest BCUT2D eigenvalue weighted by Gasteiger charge is -2.03. The summed E-state index contributed by atoms with van der Waals surface area (Å²) >= 11 is 9.42. The smallest absolute Gasteiger partial charge is 0.127 e. The van der Waals surface area contributed by atoms with E-state index in [4.69, 9.17) is 17.3 Å². The molecule has 1 aromatic heterocycles. The van der Waals surface area contributed by atoms with Gasteiger partial charge in [-0.15, -0.1) is 0 Å². The highest BCUT2D eigenvalue weighted by molar-refractivity contribution is 9.10. The van der Waals surface area contributed by atoms with Crippen molar-refractivity contribution in [2.24, 2.45) is 0 Å². The minimum Gasteiger partial charge on any atom is -0.384 e. The number of hydrogen-bond donors (Lipinski definition) is 1. The van der Waals surface area contributed by atoms with E-state index in [0.717, 1.165) is 21.4 Å². The molecule has 0 saturated heterocycles. The van der Waals surface area contributed by atoms with Gasteiger partial charge in [0.2, 0.25) is 0 Å². The van der Waals surface area contributed by atoms with Crippen LogP contribution < -0.4 is 5.73 Å². The number of halogens is 2. The minimum absolute atomic E-state index is 0.585. The number of benzene rings is 2. The molecule has 0 unspecified atom stereocenters. The summed E-state index contributed by atoms with van der Waals surface area (Å²) in [5.74, 6) is 0.585. The largest absolute Gasteiger partial charge is 0.384 e. The monoisotopic (exact) mass is 347 g/mol. The fraction of sp³-hybridized carbons (Fsp3) is 0. The summed E-state index contributed by atoms with van der Waals surface area (Å²) in [5.41, 5.74) is 8.70. The molecule has 100 valence electrons. The Morgan fingerprint density at radius 1 is 1.05 bits per heavy atom. The number of nitrogen functional groups attached to an aromatic ring is 1. The third kappa shape index (κ3) is 2.57. The van der Waals surface area contributed by atoms with E-state index in [1.807, 2.05) is 54.6 Å². The van der Waals surface area contributed by atoms with Gasteiger partial charge in [-0.25, -0.2) is 4.68 Å². The van der Waals surface area contributed by atoms with Gasteiger partial charge < -0.3 is 5.73 Å². The normalized spacial score (nSPS) is 10.7. The Morgan fingerprint density at radius 2 is 1.80 bits per heavy atom. The Hall–Kier alpha value is -1.78. The van der Waals surface area contributed by atoms with E-state index in [2.05, 4.69) is 21.0 Å². The first-order valence-electron chi connectivity index (χ1n) is 6.01. The fourth-order valence-corrected chi connectivity index (χ4v) is 2.43. The van der Waals surface area contributed by atoms with Crippen LogP contribution in [0.25, 0.3) is 16.9 Å². The van der Waals surface area contributed by atoms with Crippen LogP contribution in [0.1, 0.15) is 0 Å². The van der Waals surface area contributed by atoms with Gasteiger partial charge in [-0.3, -0.25) is 0 Å². The number of anilines is 1. The fourth-order valence-electron chi connectivity index (χ4n) is 1.97. The van der Waals surface area contributed by atoms with Crippen LogP contribution in [0.5, 0.6) is 0 Å². The lowest BCUT2D eigenvalue weighted by atomic mass is 10.1. The Kier molecular flexibility index (Phi) is 3.51. The molecule has 0 bridgehead atoms. The first-order chi connectivity index (χ1) is 9.63. The standard InChI is InChI=1S/C15H11BrClN3/c16-11-4-6-13(7-5-11)20-15(18)9-14(19-20)10-2-1-3-12(17)8-10/h1-9H,18H2. The van der Waals surface area contributed by atoms with Gasteiger partial charge in [0.05, 0.1) is 11.4 Å². The molecule has 3 nitrogen and oxygen atoms in total. The van der Waals surface area contributed by atoms with Crippen LogP contribution in [0.2, 0.25) is 5.02 Å². The molecule has 3 rings (SSSR count). The van der Waals surface area contributed by atoms with Gasteiger partial charge in [0.25, 0.3) is 0 Å². The highest BCUT2D eigenvalue weighted by Crippen LogP contribution is 2.25. The van der Waals surface area contributed by atoms with E-state index >= 15 is 0 Å². The molecule has 0 fully saturated rings. The average Bonchev–Trinajstić information content (AvgIpc) is 2.82. The molecule has 2 aromatic carbocycles. The molecular formula is C15H11BrClN3. The predicted molar refractivity (Wildman–Crippen MR) is 86.1 cm³/mol. The van der Waals surface area contributed by atoms with Gasteiger partial charge in [0.15, 0.2) is 0 Å². The molecular weight excluding hydrogens is 338 g/mol. The Bertz CT molecular complexity index is 750. The van der Waals surface area contributed by atoms with Crippen LogP contribution in [0, 0.1) is 0 Å². The van der Waals surface area contributed by atoms with Crippen molar-refractivity contribution < 1.29 is 0 Å². The second-order valence-corrected chi connectivity index (χ2v) is 5.71. The first-order valence-corrected chi connectivity index (χ1v) is 7.18. The molecule has 0 atom stereocenters. The number of nitrogens with two attached hydrogens (primary N) is 1. The molecule has 0 amide bonds. The average molecular weight is 349 g/mol. The van der Waals surface area contributed by atoms with Crippen LogP contribution in [0.15, 0.2) is 59.1 Å². The van der Waals surface area contributed by atoms with Gasteiger partial charge in [0.1, 0.15) is 5.82 Å². The summed E-state index contributed by atoms with van der Waals surface area (Å²) in [6.07, 6.45) is 0. The van der Waals surface area contributed by atoms with Gasteiger partial charge in [-0.05, 0) is 36.4 Å². The lowest BCUT2D eigenvalue weighted by Crippen LogP contribution is -2.01. The molecule has 5 heteroatoms. The molecule has 0 radical (unpaired) electrons. The van der Waals surface area contributed by atoms with Gasteiger partial charge >= 0.3 is 0 Å². The SMILES string of the molecule is Nc1cc(-c2cccc(Cl)c2)nn1-c1ccc(Br)cc1. The van der Waals surface area contributed by atoms with Crippen molar-refractivity contribution in [2.75, 3.05) is 5.73 Å². The number of hydrogen-bond acceptors (Lipinski definition) is 2. The predicted octanol–water partition coefficient (Wildman–Crippen LogP) is 4.54. The van der Waals surface area contributed by atoms with Crippen molar-refractivity contribution >= 4 is 33.3 Å². The van der Waals surface area contributed by atoms with E-state index < -0.39 is 0 Å². The topological polar surface area (TPSA) is 43.8 Å². The van der Waals surface area contributed by atoms with E-state index in [0.29, 0.717) is 10.8 Å². The zero-order chi connectivity index (χ0) is 14.1.